The monoisotopic (exact) mass is 579 g/mol. The molecule has 0 bridgehead atoms. The van der Waals surface area contributed by atoms with Crippen molar-refractivity contribution in [2.24, 2.45) is 0 Å². The number of carbonyl (C=O) groups is 1. The van der Waals surface area contributed by atoms with Crippen molar-refractivity contribution in [1.29, 1.82) is 0 Å². The van der Waals surface area contributed by atoms with Gasteiger partial charge in [0, 0.05) is 30.3 Å². The molecule has 0 unspecified atom stereocenters. The molecule has 3 aromatic carbocycles. The van der Waals surface area contributed by atoms with E-state index in [-0.39, 0.29) is 12.4 Å². The second-order valence-electron chi connectivity index (χ2n) is 11.6. The second kappa shape index (κ2) is 10.7. The number of benzene rings is 3. The first-order chi connectivity index (χ1) is 20.6. The summed E-state index contributed by atoms with van der Waals surface area (Å²) in [5, 5.41) is 12.7. The van der Waals surface area contributed by atoms with Gasteiger partial charge in [-0.25, -0.2) is 4.98 Å². The quantitative estimate of drug-likeness (QED) is 0.228. The number of aromatic nitrogens is 3. The van der Waals surface area contributed by atoms with Gasteiger partial charge < -0.3 is 24.1 Å². The number of carboxylic acids is 1. The molecule has 0 spiro atoms. The summed E-state index contributed by atoms with van der Waals surface area (Å²) < 4.78 is 23.4. The Kier molecular flexibility index (Phi) is 7.04. The number of hydrogen-bond donors (Lipinski definition) is 1. The van der Waals surface area contributed by atoms with Crippen molar-refractivity contribution in [1.82, 2.24) is 15.0 Å². The zero-order valence-electron chi connectivity index (χ0n) is 25.1. The van der Waals surface area contributed by atoms with E-state index in [9.17, 15) is 9.90 Å². The van der Waals surface area contributed by atoms with Crippen LogP contribution in [0.25, 0.3) is 43.9 Å². The summed E-state index contributed by atoms with van der Waals surface area (Å²) in [5.41, 5.74) is 5.96. The average molecular weight is 580 g/mol. The zero-order valence-corrected chi connectivity index (χ0v) is 25.1. The molecule has 9 nitrogen and oxygen atoms in total. The van der Waals surface area contributed by atoms with Crippen molar-refractivity contribution in [3.05, 3.63) is 65.5 Å². The Morgan fingerprint density at radius 1 is 1.05 bits per heavy atom. The first kappa shape index (κ1) is 28.2. The highest BCUT2D eigenvalue weighted by Crippen LogP contribution is 2.49. The molecule has 3 heterocycles. The van der Waals surface area contributed by atoms with Crippen molar-refractivity contribution >= 4 is 27.6 Å². The number of fused-ring (bicyclic) bond motifs is 1. The lowest BCUT2D eigenvalue weighted by molar-refractivity contribution is -0.136. The number of rotatable bonds is 7. The predicted molar refractivity (Wildman–Crippen MR) is 164 cm³/mol. The molecule has 9 heteroatoms. The third kappa shape index (κ3) is 5.16. The van der Waals surface area contributed by atoms with E-state index in [1.165, 1.54) is 7.11 Å². The highest BCUT2D eigenvalue weighted by atomic mass is 16.5. The van der Waals surface area contributed by atoms with Crippen LogP contribution in [0.3, 0.4) is 0 Å². The number of carboxylic acid groups (broad SMARTS) is 1. The summed E-state index contributed by atoms with van der Waals surface area (Å²) >= 11 is 0. The number of pyridine rings is 1. The SMILES string of the molecule is COc1ncc(-c2ccc3c(-c4c(OC(C)(C)C)cc5c6c(ccnc46)CCO5)c(CC(=O)O)c(C)cc3c2)c(OC)n1. The van der Waals surface area contributed by atoms with Crippen LogP contribution in [0.15, 0.2) is 48.8 Å². The third-order valence-corrected chi connectivity index (χ3v) is 7.54. The van der Waals surface area contributed by atoms with Gasteiger partial charge in [0.1, 0.15) is 17.1 Å². The molecule has 43 heavy (non-hydrogen) atoms. The molecule has 1 aliphatic heterocycles. The van der Waals surface area contributed by atoms with Crippen LogP contribution in [0, 0.1) is 6.92 Å². The third-order valence-electron chi connectivity index (χ3n) is 7.54. The van der Waals surface area contributed by atoms with Crippen LogP contribution < -0.4 is 18.9 Å². The van der Waals surface area contributed by atoms with Gasteiger partial charge in [0.25, 0.3) is 0 Å². The lowest BCUT2D eigenvalue weighted by atomic mass is 9.85. The largest absolute Gasteiger partial charge is 0.492 e. The maximum Gasteiger partial charge on any atom is 0.319 e. The Morgan fingerprint density at radius 3 is 2.58 bits per heavy atom. The molecule has 0 saturated heterocycles. The average Bonchev–Trinajstić information content (AvgIpc) is 2.97. The molecule has 1 N–H and O–H groups in total. The summed E-state index contributed by atoms with van der Waals surface area (Å²) in [4.78, 5) is 25.7. The van der Waals surface area contributed by atoms with Crippen molar-refractivity contribution in [3.63, 3.8) is 0 Å². The van der Waals surface area contributed by atoms with Gasteiger partial charge in [-0.1, -0.05) is 18.2 Å². The summed E-state index contributed by atoms with van der Waals surface area (Å²) in [6.07, 6.45) is 4.08. The van der Waals surface area contributed by atoms with Gasteiger partial charge in [0.15, 0.2) is 0 Å². The lowest BCUT2D eigenvalue weighted by Crippen LogP contribution is -2.24. The van der Waals surface area contributed by atoms with Gasteiger partial charge in [0.05, 0.1) is 43.9 Å². The van der Waals surface area contributed by atoms with Gasteiger partial charge >= 0.3 is 12.0 Å². The van der Waals surface area contributed by atoms with Crippen molar-refractivity contribution in [3.8, 4) is 45.6 Å². The molecule has 0 aliphatic carbocycles. The number of methoxy groups -OCH3 is 2. The fraction of sp³-hybridized carbons (Fsp3) is 0.294. The molecule has 0 atom stereocenters. The summed E-state index contributed by atoms with van der Waals surface area (Å²) in [6.45, 7) is 8.47. The molecule has 5 aromatic rings. The van der Waals surface area contributed by atoms with Gasteiger partial charge in [-0.15, -0.1) is 0 Å². The van der Waals surface area contributed by atoms with E-state index in [1.54, 1.807) is 19.5 Å². The van der Waals surface area contributed by atoms with E-state index < -0.39 is 11.6 Å². The van der Waals surface area contributed by atoms with Crippen LogP contribution in [-0.2, 0) is 17.6 Å². The van der Waals surface area contributed by atoms with E-state index in [0.29, 0.717) is 29.4 Å². The first-order valence-electron chi connectivity index (χ1n) is 14.1. The minimum absolute atomic E-state index is 0.159. The van der Waals surface area contributed by atoms with E-state index in [2.05, 4.69) is 9.97 Å². The van der Waals surface area contributed by atoms with Crippen molar-refractivity contribution in [2.45, 2.75) is 46.1 Å². The minimum atomic E-state index is -0.919. The molecule has 0 fully saturated rings. The van der Waals surface area contributed by atoms with Crippen molar-refractivity contribution in [2.75, 3.05) is 20.8 Å². The smallest absolute Gasteiger partial charge is 0.319 e. The highest BCUT2D eigenvalue weighted by molar-refractivity contribution is 6.11. The Balaban J connectivity index is 1.70. The summed E-state index contributed by atoms with van der Waals surface area (Å²) in [7, 11) is 3.06. The topological polar surface area (TPSA) is 113 Å². The fourth-order valence-corrected chi connectivity index (χ4v) is 5.82. The normalized spacial score (nSPS) is 12.7. The molecule has 1 aliphatic rings. The zero-order chi connectivity index (χ0) is 30.5. The molecule has 0 radical (unpaired) electrons. The van der Waals surface area contributed by atoms with Crippen LogP contribution in [0.1, 0.15) is 37.5 Å². The molecular weight excluding hydrogens is 546 g/mol. The molecule has 220 valence electrons. The van der Waals surface area contributed by atoms with Crippen molar-refractivity contribution < 1.29 is 28.8 Å². The minimum Gasteiger partial charge on any atom is -0.492 e. The molecular formula is C34H33N3O6. The fourth-order valence-electron chi connectivity index (χ4n) is 5.82. The Hall–Kier alpha value is -4.92. The van der Waals surface area contributed by atoms with Gasteiger partial charge in [-0.2, -0.15) is 4.98 Å². The highest BCUT2D eigenvalue weighted by Gasteiger charge is 2.28. The van der Waals surface area contributed by atoms with Crippen LogP contribution in [0.4, 0.5) is 0 Å². The summed E-state index contributed by atoms with van der Waals surface area (Å²) in [5.74, 6) is 0.782. The van der Waals surface area contributed by atoms with E-state index in [0.717, 1.165) is 61.7 Å². The van der Waals surface area contributed by atoms with E-state index in [4.69, 9.17) is 23.9 Å². The maximum absolute atomic E-state index is 12.2. The number of aliphatic carboxylic acids is 1. The lowest BCUT2D eigenvalue weighted by Gasteiger charge is -2.28. The van der Waals surface area contributed by atoms with Gasteiger partial charge in [-0.3, -0.25) is 9.78 Å². The molecule has 0 saturated carbocycles. The van der Waals surface area contributed by atoms with Crippen LogP contribution >= 0.6 is 0 Å². The Morgan fingerprint density at radius 2 is 1.86 bits per heavy atom. The number of ether oxygens (including phenoxy) is 4. The maximum atomic E-state index is 12.2. The van der Waals surface area contributed by atoms with Crippen LogP contribution in [-0.4, -0.2) is 52.5 Å². The Labute approximate surface area is 249 Å². The number of nitrogens with zero attached hydrogens (tertiary/aromatic N) is 3. The number of aryl methyl sites for hydroxylation is 1. The standard InChI is InChI=1S/C34H33N3O6/c1-18-13-21-14-20(24-17-36-33(41-6)37-32(24)40-5)7-8-22(21)29(23(18)15-27(38)39)30-26(43-34(2,3)4)16-25-28-19(10-12-42-25)9-11-35-31(28)30/h7-9,11,13-14,16-17H,10,12,15H2,1-6H3,(H,38,39). The molecule has 0 amide bonds. The van der Waals surface area contributed by atoms with Gasteiger partial charge in [-0.05, 0) is 78.4 Å². The van der Waals surface area contributed by atoms with Gasteiger partial charge in [0.2, 0.25) is 5.88 Å². The van der Waals surface area contributed by atoms with E-state index >= 15 is 0 Å². The van der Waals surface area contributed by atoms with Crippen LogP contribution in [0.2, 0.25) is 0 Å². The molecule has 6 rings (SSSR count). The molecule has 2 aromatic heterocycles. The van der Waals surface area contributed by atoms with Crippen LogP contribution in [0.5, 0.6) is 23.4 Å². The predicted octanol–water partition coefficient (Wildman–Crippen LogP) is 6.58. The second-order valence-corrected chi connectivity index (χ2v) is 11.6. The number of hydrogen-bond acceptors (Lipinski definition) is 8. The Bertz CT molecular complexity index is 1910. The summed E-state index contributed by atoms with van der Waals surface area (Å²) in [6, 6.07) is 12.2. The first-order valence-corrected chi connectivity index (χ1v) is 14.1. The van der Waals surface area contributed by atoms with E-state index in [1.807, 2.05) is 64.1 Å².